The van der Waals surface area contributed by atoms with Crippen LogP contribution in [-0.2, 0) is 6.61 Å². The normalized spacial score (nSPS) is 10.3. The third-order valence-electron chi connectivity index (χ3n) is 3.39. The van der Waals surface area contributed by atoms with Crippen LogP contribution in [0.15, 0.2) is 60.9 Å². The molecule has 0 spiro atoms. The number of hydrogen-bond acceptors (Lipinski definition) is 4. The van der Waals surface area contributed by atoms with Gasteiger partial charge in [0.15, 0.2) is 5.82 Å². The molecule has 3 N–H and O–H groups in total. The maximum Gasteiger partial charge on any atom is 0.316 e. The molecule has 25 heavy (non-hydrogen) atoms. The van der Waals surface area contributed by atoms with Crippen LogP contribution in [0.1, 0.15) is 5.56 Å². The summed E-state index contributed by atoms with van der Waals surface area (Å²) in [5.41, 5.74) is 6.36. The highest BCUT2D eigenvalue weighted by Gasteiger charge is 2.17. The molecule has 0 saturated carbocycles. The molecule has 0 aliphatic carbocycles. The maximum absolute atomic E-state index is 14.7. The van der Waals surface area contributed by atoms with E-state index in [1.165, 1.54) is 24.5 Å². The molecular formula is C18H15FN4O2. The van der Waals surface area contributed by atoms with Crippen LogP contribution in [0.2, 0.25) is 0 Å². The van der Waals surface area contributed by atoms with Crippen LogP contribution in [-0.4, -0.2) is 16.0 Å². The quantitative estimate of drug-likeness (QED) is 0.746. The minimum Gasteiger partial charge on any atom is -0.471 e. The van der Waals surface area contributed by atoms with E-state index in [1.54, 1.807) is 6.07 Å². The predicted octanol–water partition coefficient (Wildman–Crippen LogP) is 3.35. The lowest BCUT2D eigenvalue weighted by Gasteiger charge is -2.12. The molecule has 3 aromatic rings. The maximum atomic E-state index is 14.7. The van der Waals surface area contributed by atoms with Crippen molar-refractivity contribution in [3.63, 3.8) is 0 Å². The van der Waals surface area contributed by atoms with Crippen molar-refractivity contribution in [2.75, 3.05) is 5.32 Å². The molecule has 126 valence electrons. The van der Waals surface area contributed by atoms with Gasteiger partial charge in [-0.15, -0.1) is 0 Å². The van der Waals surface area contributed by atoms with Gasteiger partial charge in [0.25, 0.3) is 0 Å². The van der Waals surface area contributed by atoms with Crippen LogP contribution in [0.4, 0.5) is 14.9 Å². The summed E-state index contributed by atoms with van der Waals surface area (Å²) in [6, 6.07) is 13.2. The topological polar surface area (TPSA) is 90.1 Å². The van der Waals surface area contributed by atoms with Crippen molar-refractivity contribution in [2.45, 2.75) is 6.61 Å². The van der Waals surface area contributed by atoms with Gasteiger partial charge in [-0.3, -0.25) is 0 Å². The monoisotopic (exact) mass is 338 g/mol. The second kappa shape index (κ2) is 7.39. The lowest BCUT2D eigenvalue weighted by molar-refractivity contribution is 0.259. The first-order valence-corrected chi connectivity index (χ1v) is 7.48. The lowest BCUT2D eigenvalue weighted by atomic mass is 10.1. The molecule has 3 rings (SSSR count). The summed E-state index contributed by atoms with van der Waals surface area (Å²) in [4.78, 5) is 19.3. The molecule has 0 unspecified atom stereocenters. The Morgan fingerprint density at radius 1 is 1.08 bits per heavy atom. The van der Waals surface area contributed by atoms with Crippen LogP contribution in [0.5, 0.6) is 5.88 Å². The van der Waals surface area contributed by atoms with Gasteiger partial charge >= 0.3 is 6.03 Å². The average molecular weight is 338 g/mol. The number of halogens is 1. The number of nitrogens with one attached hydrogen (secondary N) is 1. The second-order valence-corrected chi connectivity index (χ2v) is 5.14. The van der Waals surface area contributed by atoms with E-state index in [9.17, 15) is 9.18 Å². The summed E-state index contributed by atoms with van der Waals surface area (Å²) in [6.45, 7) is 0.271. The molecule has 0 bridgehead atoms. The highest BCUT2D eigenvalue weighted by Crippen LogP contribution is 2.31. The number of carbonyl (C=O) groups excluding carboxylic acids is 1. The highest BCUT2D eigenvalue weighted by atomic mass is 19.1. The van der Waals surface area contributed by atoms with Gasteiger partial charge in [0.1, 0.15) is 12.3 Å². The van der Waals surface area contributed by atoms with Crippen LogP contribution in [0.25, 0.3) is 11.3 Å². The zero-order valence-electron chi connectivity index (χ0n) is 13.1. The number of aromatic nitrogens is 2. The summed E-state index contributed by atoms with van der Waals surface area (Å²) in [7, 11) is 0. The molecule has 0 saturated heterocycles. The Morgan fingerprint density at radius 3 is 2.60 bits per heavy atom. The van der Waals surface area contributed by atoms with Crippen molar-refractivity contribution in [3.8, 4) is 17.1 Å². The predicted molar refractivity (Wildman–Crippen MR) is 91.4 cm³/mol. The van der Waals surface area contributed by atoms with Gasteiger partial charge in [-0.05, 0) is 17.7 Å². The van der Waals surface area contributed by atoms with Gasteiger partial charge in [-0.25, -0.2) is 19.2 Å². The molecule has 0 aliphatic heterocycles. The molecule has 0 aliphatic rings. The zero-order valence-corrected chi connectivity index (χ0v) is 13.1. The summed E-state index contributed by atoms with van der Waals surface area (Å²) in [5.74, 6) is -0.465. The number of amides is 2. The van der Waals surface area contributed by atoms with E-state index < -0.39 is 11.8 Å². The highest BCUT2D eigenvalue weighted by molar-refractivity contribution is 5.89. The Balaban J connectivity index is 1.92. The number of nitrogens with zero attached hydrogens (tertiary/aromatic N) is 2. The summed E-state index contributed by atoms with van der Waals surface area (Å²) < 4.78 is 20.4. The molecule has 0 atom stereocenters. The fourth-order valence-corrected chi connectivity index (χ4v) is 2.29. The van der Waals surface area contributed by atoms with Crippen LogP contribution >= 0.6 is 0 Å². The van der Waals surface area contributed by atoms with E-state index in [1.807, 2.05) is 30.3 Å². The van der Waals surface area contributed by atoms with E-state index in [4.69, 9.17) is 10.5 Å². The molecule has 7 heteroatoms. The second-order valence-electron chi connectivity index (χ2n) is 5.14. The minimum absolute atomic E-state index is 0.0373. The number of anilines is 1. The van der Waals surface area contributed by atoms with Gasteiger partial charge in [-0.2, -0.15) is 0 Å². The molecule has 1 aromatic heterocycles. The summed E-state index contributed by atoms with van der Waals surface area (Å²) in [5, 5.41) is 2.24. The molecule has 2 amide bonds. The summed E-state index contributed by atoms with van der Waals surface area (Å²) >= 11 is 0. The first kappa shape index (κ1) is 16.4. The number of nitrogens with two attached hydrogens (primary N) is 1. The fraction of sp³-hybridized carbons (Fsp3) is 0.0556. The number of ether oxygens (including phenoxy) is 1. The van der Waals surface area contributed by atoms with Gasteiger partial charge in [-0.1, -0.05) is 36.4 Å². The van der Waals surface area contributed by atoms with E-state index >= 15 is 0 Å². The number of carbonyl (C=O) groups is 1. The number of benzene rings is 2. The van der Waals surface area contributed by atoms with Gasteiger partial charge in [0.05, 0.1) is 5.69 Å². The van der Waals surface area contributed by atoms with Crippen molar-refractivity contribution in [3.05, 3.63) is 72.3 Å². The third kappa shape index (κ3) is 3.89. The van der Waals surface area contributed by atoms with E-state index in [0.29, 0.717) is 0 Å². The zero-order chi connectivity index (χ0) is 17.6. The van der Waals surface area contributed by atoms with Crippen molar-refractivity contribution in [1.82, 2.24) is 9.97 Å². The van der Waals surface area contributed by atoms with Crippen molar-refractivity contribution in [1.29, 1.82) is 0 Å². The van der Waals surface area contributed by atoms with Crippen LogP contribution in [0.3, 0.4) is 0 Å². The number of rotatable bonds is 5. The number of hydrogen-bond donors (Lipinski definition) is 2. The third-order valence-corrected chi connectivity index (χ3v) is 3.39. The van der Waals surface area contributed by atoms with Crippen molar-refractivity contribution in [2.24, 2.45) is 5.73 Å². The van der Waals surface area contributed by atoms with Crippen molar-refractivity contribution >= 4 is 11.7 Å². The smallest absolute Gasteiger partial charge is 0.316 e. The Hall–Kier alpha value is -3.48. The van der Waals surface area contributed by atoms with E-state index in [0.717, 1.165) is 5.56 Å². The van der Waals surface area contributed by atoms with Crippen LogP contribution < -0.4 is 15.8 Å². The molecule has 0 fully saturated rings. The molecule has 6 nitrogen and oxygen atoms in total. The Kier molecular flexibility index (Phi) is 4.84. The fourth-order valence-electron chi connectivity index (χ4n) is 2.29. The molecular weight excluding hydrogens is 323 g/mol. The average Bonchev–Trinajstić information content (AvgIpc) is 2.63. The van der Waals surface area contributed by atoms with E-state index in [-0.39, 0.29) is 29.4 Å². The standard InChI is InChI=1S/C18H15FN4O2/c19-15-13(7-4-8-14(15)23-18(20)24)16-17(22-10-9-21-16)25-11-12-5-2-1-3-6-12/h1-10H,11H2,(H3,20,23,24). The molecule has 1 heterocycles. The SMILES string of the molecule is NC(=O)Nc1cccc(-c2nccnc2OCc2ccccc2)c1F. The first-order chi connectivity index (χ1) is 12.1. The molecule has 2 aromatic carbocycles. The van der Waals surface area contributed by atoms with Gasteiger partial charge in [0, 0.05) is 18.0 Å². The Bertz CT molecular complexity index is 887. The lowest BCUT2D eigenvalue weighted by Crippen LogP contribution is -2.20. The molecule has 0 radical (unpaired) electrons. The number of primary amides is 1. The number of urea groups is 1. The van der Waals surface area contributed by atoms with Gasteiger partial charge < -0.3 is 15.8 Å². The first-order valence-electron chi connectivity index (χ1n) is 7.48. The minimum atomic E-state index is -0.851. The van der Waals surface area contributed by atoms with E-state index in [2.05, 4.69) is 15.3 Å². The van der Waals surface area contributed by atoms with Crippen LogP contribution in [0, 0.1) is 5.82 Å². The summed E-state index contributed by atoms with van der Waals surface area (Å²) in [6.07, 6.45) is 2.91. The van der Waals surface area contributed by atoms with Gasteiger partial charge in [0.2, 0.25) is 5.88 Å². The Labute approximate surface area is 143 Å². The largest absolute Gasteiger partial charge is 0.471 e. The Morgan fingerprint density at radius 2 is 1.84 bits per heavy atom. The van der Waals surface area contributed by atoms with Crippen molar-refractivity contribution < 1.29 is 13.9 Å².